The molecular formula is C14H20N6O. The van der Waals surface area contributed by atoms with Crippen LogP contribution in [0.2, 0.25) is 0 Å². The number of amides is 2. The molecule has 0 radical (unpaired) electrons. The number of nitrogens with zero attached hydrogens (tertiary/aromatic N) is 4. The second-order valence-corrected chi connectivity index (χ2v) is 5.47. The Morgan fingerprint density at radius 3 is 2.86 bits per heavy atom. The van der Waals surface area contributed by atoms with Crippen LogP contribution in [0.4, 0.5) is 10.6 Å². The Labute approximate surface area is 123 Å². The number of hydrogen-bond acceptors (Lipinski definition) is 3. The van der Waals surface area contributed by atoms with Crippen LogP contribution in [0.5, 0.6) is 0 Å². The highest BCUT2D eigenvalue weighted by Crippen LogP contribution is 2.36. The van der Waals surface area contributed by atoms with Crippen LogP contribution in [0.15, 0.2) is 18.5 Å². The van der Waals surface area contributed by atoms with Gasteiger partial charge in [-0.1, -0.05) is 6.42 Å². The fourth-order valence-electron chi connectivity index (χ4n) is 2.40. The topological polar surface area (TPSA) is 76.8 Å². The Hall–Kier alpha value is -2.31. The van der Waals surface area contributed by atoms with Crippen LogP contribution in [-0.2, 0) is 20.6 Å². The Kier molecular flexibility index (Phi) is 3.64. The molecule has 0 saturated heterocycles. The zero-order valence-corrected chi connectivity index (χ0v) is 12.3. The number of anilines is 1. The average Bonchev–Trinajstić information content (AvgIpc) is 2.92. The lowest BCUT2D eigenvalue weighted by Gasteiger charge is -2.22. The van der Waals surface area contributed by atoms with Gasteiger partial charge in [-0.25, -0.2) is 9.78 Å². The van der Waals surface area contributed by atoms with Crippen molar-refractivity contribution >= 4 is 11.8 Å². The minimum absolute atomic E-state index is 0.249. The third-order valence-corrected chi connectivity index (χ3v) is 3.99. The first-order chi connectivity index (χ1) is 10.1. The molecule has 112 valence electrons. The Bertz CT molecular complexity index is 640. The molecule has 1 aliphatic carbocycles. The SMILES string of the molecule is Cn1ccnc1CNC(=O)Nc1cc(C2CCC2)nn1C. The number of urea groups is 1. The van der Waals surface area contributed by atoms with Crippen molar-refractivity contribution in [3.63, 3.8) is 0 Å². The van der Waals surface area contributed by atoms with Gasteiger partial charge >= 0.3 is 6.03 Å². The maximum Gasteiger partial charge on any atom is 0.320 e. The zero-order valence-electron chi connectivity index (χ0n) is 12.3. The summed E-state index contributed by atoms with van der Waals surface area (Å²) >= 11 is 0. The molecule has 1 saturated carbocycles. The lowest BCUT2D eigenvalue weighted by atomic mass is 9.83. The van der Waals surface area contributed by atoms with Crippen LogP contribution in [0.25, 0.3) is 0 Å². The van der Waals surface area contributed by atoms with E-state index >= 15 is 0 Å². The summed E-state index contributed by atoms with van der Waals surface area (Å²) < 4.78 is 3.59. The Morgan fingerprint density at radius 1 is 1.43 bits per heavy atom. The van der Waals surface area contributed by atoms with E-state index in [1.165, 1.54) is 19.3 Å². The first-order valence-corrected chi connectivity index (χ1v) is 7.18. The van der Waals surface area contributed by atoms with Gasteiger partial charge in [0.05, 0.1) is 12.2 Å². The maximum atomic E-state index is 11.9. The third-order valence-electron chi connectivity index (χ3n) is 3.99. The smallest absolute Gasteiger partial charge is 0.320 e. The van der Waals surface area contributed by atoms with Crippen molar-refractivity contribution in [3.05, 3.63) is 30.0 Å². The van der Waals surface area contributed by atoms with E-state index in [-0.39, 0.29) is 6.03 Å². The van der Waals surface area contributed by atoms with Crippen molar-refractivity contribution < 1.29 is 4.79 Å². The lowest BCUT2D eigenvalue weighted by Crippen LogP contribution is -2.30. The molecule has 7 heteroatoms. The highest BCUT2D eigenvalue weighted by Gasteiger charge is 2.23. The first kappa shape index (κ1) is 13.7. The molecule has 0 aliphatic heterocycles. The molecule has 0 spiro atoms. The van der Waals surface area contributed by atoms with E-state index in [9.17, 15) is 4.79 Å². The summed E-state index contributed by atoms with van der Waals surface area (Å²) in [6.45, 7) is 0.392. The maximum absolute atomic E-state index is 11.9. The van der Waals surface area contributed by atoms with Gasteiger partial charge in [0.25, 0.3) is 0 Å². The molecule has 2 aromatic rings. The molecule has 0 atom stereocenters. The predicted octanol–water partition coefficient (Wildman–Crippen LogP) is 1.74. The van der Waals surface area contributed by atoms with Crippen LogP contribution in [0.3, 0.4) is 0 Å². The van der Waals surface area contributed by atoms with Crippen molar-refractivity contribution in [2.45, 2.75) is 31.7 Å². The molecule has 2 aromatic heterocycles. The molecule has 0 bridgehead atoms. The average molecular weight is 288 g/mol. The van der Waals surface area contributed by atoms with E-state index in [1.54, 1.807) is 10.9 Å². The zero-order chi connectivity index (χ0) is 14.8. The monoisotopic (exact) mass is 288 g/mol. The van der Waals surface area contributed by atoms with E-state index in [0.717, 1.165) is 11.5 Å². The molecule has 2 heterocycles. The summed E-state index contributed by atoms with van der Waals surface area (Å²) in [5, 5.41) is 10.1. The van der Waals surface area contributed by atoms with Gasteiger partial charge in [0.15, 0.2) is 0 Å². The fourth-order valence-corrected chi connectivity index (χ4v) is 2.40. The van der Waals surface area contributed by atoms with Gasteiger partial charge in [-0.2, -0.15) is 5.10 Å². The van der Waals surface area contributed by atoms with Gasteiger partial charge in [0.1, 0.15) is 11.6 Å². The number of hydrogen-bond donors (Lipinski definition) is 2. The number of carbonyl (C=O) groups excluding carboxylic acids is 1. The Balaban J connectivity index is 1.57. The molecule has 7 nitrogen and oxygen atoms in total. The molecule has 21 heavy (non-hydrogen) atoms. The van der Waals surface area contributed by atoms with E-state index in [1.807, 2.05) is 30.9 Å². The summed E-state index contributed by atoms with van der Waals surface area (Å²) in [6.07, 6.45) is 7.22. The van der Waals surface area contributed by atoms with Crippen molar-refractivity contribution in [1.29, 1.82) is 0 Å². The van der Waals surface area contributed by atoms with Gasteiger partial charge in [-0.05, 0) is 12.8 Å². The molecule has 0 unspecified atom stereocenters. The number of aromatic nitrogens is 4. The lowest BCUT2D eigenvalue weighted by molar-refractivity contribution is 0.251. The van der Waals surface area contributed by atoms with E-state index in [4.69, 9.17) is 0 Å². The second kappa shape index (κ2) is 5.59. The number of imidazole rings is 1. The number of rotatable bonds is 4. The van der Waals surface area contributed by atoms with Crippen LogP contribution >= 0.6 is 0 Å². The van der Waals surface area contributed by atoms with Crippen LogP contribution < -0.4 is 10.6 Å². The van der Waals surface area contributed by atoms with Crippen molar-refractivity contribution in [2.75, 3.05) is 5.32 Å². The molecule has 3 rings (SSSR count). The highest BCUT2D eigenvalue weighted by molar-refractivity contribution is 5.88. The summed E-state index contributed by atoms with van der Waals surface area (Å²) in [4.78, 5) is 16.1. The van der Waals surface area contributed by atoms with Crippen molar-refractivity contribution in [1.82, 2.24) is 24.6 Å². The van der Waals surface area contributed by atoms with Gasteiger partial charge in [-0.3, -0.25) is 10.00 Å². The quantitative estimate of drug-likeness (QED) is 0.899. The molecule has 1 aliphatic rings. The summed E-state index contributed by atoms with van der Waals surface area (Å²) in [6, 6.07) is 1.71. The predicted molar refractivity (Wildman–Crippen MR) is 78.9 cm³/mol. The van der Waals surface area contributed by atoms with Crippen LogP contribution in [0.1, 0.15) is 36.7 Å². The van der Waals surface area contributed by atoms with Gasteiger partial charge in [-0.15, -0.1) is 0 Å². The van der Waals surface area contributed by atoms with Gasteiger partial charge in [0.2, 0.25) is 0 Å². The molecule has 2 N–H and O–H groups in total. The molecule has 2 amide bonds. The van der Waals surface area contributed by atoms with E-state index in [2.05, 4.69) is 20.7 Å². The van der Waals surface area contributed by atoms with E-state index in [0.29, 0.717) is 18.3 Å². The molecular weight excluding hydrogens is 268 g/mol. The van der Waals surface area contributed by atoms with Crippen LogP contribution in [0, 0.1) is 0 Å². The third kappa shape index (κ3) is 2.91. The minimum Gasteiger partial charge on any atom is -0.337 e. The van der Waals surface area contributed by atoms with Crippen LogP contribution in [-0.4, -0.2) is 25.4 Å². The largest absolute Gasteiger partial charge is 0.337 e. The van der Waals surface area contributed by atoms with Gasteiger partial charge in [0, 0.05) is 38.5 Å². The second-order valence-electron chi connectivity index (χ2n) is 5.47. The van der Waals surface area contributed by atoms with Crippen molar-refractivity contribution in [3.8, 4) is 0 Å². The molecule has 1 fully saturated rings. The highest BCUT2D eigenvalue weighted by atomic mass is 16.2. The number of aryl methyl sites for hydroxylation is 2. The van der Waals surface area contributed by atoms with Gasteiger partial charge < -0.3 is 9.88 Å². The minimum atomic E-state index is -0.249. The van der Waals surface area contributed by atoms with E-state index < -0.39 is 0 Å². The summed E-state index contributed by atoms with van der Waals surface area (Å²) in [7, 11) is 3.74. The number of carbonyl (C=O) groups is 1. The Morgan fingerprint density at radius 2 is 2.24 bits per heavy atom. The standard InChI is InChI=1S/C14H20N6O/c1-19-7-6-15-13(19)9-16-14(21)17-12-8-11(18-20(12)2)10-4-3-5-10/h6-8,10H,3-5,9H2,1-2H3,(H2,16,17,21). The normalized spacial score (nSPS) is 14.8. The summed E-state index contributed by atoms with van der Waals surface area (Å²) in [5.41, 5.74) is 1.07. The fraction of sp³-hybridized carbons (Fsp3) is 0.500. The number of nitrogens with one attached hydrogen (secondary N) is 2. The van der Waals surface area contributed by atoms with Crippen molar-refractivity contribution in [2.24, 2.45) is 14.1 Å². The first-order valence-electron chi connectivity index (χ1n) is 7.18. The molecule has 0 aromatic carbocycles. The summed E-state index contributed by atoms with van der Waals surface area (Å²) in [5.74, 6) is 2.09.